The summed E-state index contributed by atoms with van der Waals surface area (Å²) in [6, 6.07) is 0.394. The van der Waals surface area contributed by atoms with Gasteiger partial charge in [0.15, 0.2) is 0 Å². The van der Waals surface area contributed by atoms with Gasteiger partial charge in [0.1, 0.15) is 5.69 Å². The van der Waals surface area contributed by atoms with Crippen LogP contribution in [0, 0.1) is 0 Å². The molecular weight excluding hydrogens is 195 g/mol. The number of hydrogen-bond donors (Lipinski definition) is 2. The molecule has 14 heavy (non-hydrogen) atoms. The molecule has 78 valence electrons. The summed E-state index contributed by atoms with van der Waals surface area (Å²) in [5.41, 5.74) is -0.560. The van der Waals surface area contributed by atoms with E-state index >= 15 is 0 Å². The van der Waals surface area contributed by atoms with Gasteiger partial charge in [-0.05, 0) is 12.8 Å². The first-order valence-corrected chi connectivity index (χ1v) is 4.40. The van der Waals surface area contributed by atoms with Crippen molar-refractivity contribution >= 4 is 0 Å². The number of aromatic amines is 1. The van der Waals surface area contributed by atoms with Gasteiger partial charge >= 0.3 is 6.18 Å². The van der Waals surface area contributed by atoms with Crippen LogP contribution in [0.25, 0.3) is 0 Å². The third-order valence-corrected chi connectivity index (χ3v) is 2.16. The van der Waals surface area contributed by atoms with Crippen molar-refractivity contribution in [2.24, 2.45) is 0 Å². The molecule has 1 aliphatic carbocycles. The molecule has 1 heterocycles. The van der Waals surface area contributed by atoms with Gasteiger partial charge in [0.05, 0.1) is 6.20 Å². The largest absolute Gasteiger partial charge is 0.433 e. The number of nitrogens with zero attached hydrogens (tertiary/aromatic N) is 1. The Labute approximate surface area is 78.7 Å². The van der Waals surface area contributed by atoms with Crippen molar-refractivity contribution in [2.45, 2.75) is 31.6 Å². The maximum absolute atomic E-state index is 12.3. The number of alkyl halides is 3. The van der Waals surface area contributed by atoms with Crippen LogP contribution in [0.15, 0.2) is 6.20 Å². The summed E-state index contributed by atoms with van der Waals surface area (Å²) >= 11 is 0. The highest BCUT2D eigenvalue weighted by atomic mass is 19.4. The smallest absolute Gasteiger partial charge is 0.310 e. The zero-order valence-electron chi connectivity index (χ0n) is 7.36. The van der Waals surface area contributed by atoms with E-state index in [1.807, 2.05) is 5.10 Å². The van der Waals surface area contributed by atoms with E-state index in [-0.39, 0.29) is 12.1 Å². The topological polar surface area (TPSA) is 40.7 Å². The molecule has 0 saturated heterocycles. The van der Waals surface area contributed by atoms with Gasteiger partial charge in [-0.15, -0.1) is 0 Å². The Morgan fingerprint density at radius 1 is 1.50 bits per heavy atom. The quantitative estimate of drug-likeness (QED) is 0.788. The van der Waals surface area contributed by atoms with E-state index in [4.69, 9.17) is 0 Å². The molecule has 1 aromatic heterocycles. The van der Waals surface area contributed by atoms with Crippen LogP contribution in [0.2, 0.25) is 0 Å². The van der Waals surface area contributed by atoms with Gasteiger partial charge in [0.25, 0.3) is 0 Å². The highest BCUT2D eigenvalue weighted by Gasteiger charge is 2.35. The van der Waals surface area contributed by atoms with Crippen molar-refractivity contribution in [1.29, 1.82) is 0 Å². The zero-order valence-corrected chi connectivity index (χ0v) is 7.36. The molecule has 0 unspecified atom stereocenters. The van der Waals surface area contributed by atoms with E-state index in [1.165, 1.54) is 6.20 Å². The molecule has 2 N–H and O–H groups in total. The Balaban J connectivity index is 2.04. The fraction of sp³-hybridized carbons (Fsp3) is 0.625. The lowest BCUT2D eigenvalue weighted by atomic mass is 10.2. The molecular formula is C8H10F3N3. The zero-order chi connectivity index (χ0) is 10.2. The monoisotopic (exact) mass is 205 g/mol. The molecule has 3 nitrogen and oxygen atoms in total. The van der Waals surface area contributed by atoms with E-state index in [2.05, 4.69) is 10.4 Å². The van der Waals surface area contributed by atoms with E-state index in [0.717, 1.165) is 12.8 Å². The number of hydrogen-bond acceptors (Lipinski definition) is 2. The minimum atomic E-state index is -4.34. The summed E-state index contributed by atoms with van der Waals surface area (Å²) < 4.78 is 37.0. The first-order valence-electron chi connectivity index (χ1n) is 4.40. The second-order valence-corrected chi connectivity index (χ2v) is 3.42. The van der Waals surface area contributed by atoms with Crippen LogP contribution in [0.5, 0.6) is 0 Å². The fourth-order valence-corrected chi connectivity index (χ4v) is 1.23. The summed E-state index contributed by atoms with van der Waals surface area (Å²) in [5, 5.41) is 8.39. The van der Waals surface area contributed by atoms with Gasteiger partial charge in [-0.25, -0.2) is 0 Å². The van der Waals surface area contributed by atoms with Crippen LogP contribution < -0.4 is 5.32 Å². The van der Waals surface area contributed by atoms with E-state index < -0.39 is 11.9 Å². The summed E-state index contributed by atoms with van der Waals surface area (Å²) in [5.74, 6) is 0. The van der Waals surface area contributed by atoms with Crippen LogP contribution >= 0.6 is 0 Å². The van der Waals surface area contributed by atoms with Crippen LogP contribution in [0.3, 0.4) is 0 Å². The number of halogens is 3. The van der Waals surface area contributed by atoms with Crippen molar-refractivity contribution in [3.63, 3.8) is 0 Å². The third kappa shape index (κ3) is 2.06. The van der Waals surface area contributed by atoms with Crippen molar-refractivity contribution in [2.75, 3.05) is 0 Å². The first-order chi connectivity index (χ1) is 6.57. The van der Waals surface area contributed by atoms with Crippen LogP contribution in [0.1, 0.15) is 24.1 Å². The molecule has 0 aromatic carbocycles. The van der Waals surface area contributed by atoms with Crippen molar-refractivity contribution < 1.29 is 13.2 Å². The summed E-state index contributed by atoms with van der Waals surface area (Å²) in [6.45, 7) is 0.232. The molecule has 1 aromatic rings. The number of aromatic nitrogens is 2. The average molecular weight is 205 g/mol. The number of rotatable bonds is 3. The first kappa shape index (κ1) is 9.51. The maximum atomic E-state index is 12.3. The molecule has 0 spiro atoms. The fourth-order valence-electron chi connectivity index (χ4n) is 1.23. The van der Waals surface area contributed by atoms with Crippen molar-refractivity contribution in [1.82, 2.24) is 15.5 Å². The minimum absolute atomic E-state index is 0.185. The SMILES string of the molecule is FC(F)(F)c1[nH]ncc1CNC1CC1. The molecule has 0 aliphatic heterocycles. The molecule has 1 aliphatic rings. The Kier molecular flexibility index (Phi) is 2.22. The normalized spacial score (nSPS) is 17.4. The van der Waals surface area contributed by atoms with Gasteiger partial charge in [0, 0.05) is 18.2 Å². The van der Waals surface area contributed by atoms with Gasteiger partial charge in [-0.3, -0.25) is 5.10 Å². The predicted octanol–water partition coefficient (Wildman–Crippen LogP) is 1.68. The van der Waals surface area contributed by atoms with Crippen molar-refractivity contribution in [3.8, 4) is 0 Å². The number of nitrogens with one attached hydrogen (secondary N) is 2. The summed E-state index contributed by atoms with van der Waals surface area (Å²) in [6.07, 6.45) is -1.01. The summed E-state index contributed by atoms with van der Waals surface area (Å²) in [4.78, 5) is 0. The lowest BCUT2D eigenvalue weighted by Gasteiger charge is -2.07. The molecule has 0 radical (unpaired) electrons. The molecule has 1 fully saturated rings. The highest BCUT2D eigenvalue weighted by Crippen LogP contribution is 2.30. The Bertz CT molecular complexity index is 314. The average Bonchev–Trinajstić information content (AvgIpc) is 2.77. The Hall–Kier alpha value is -1.04. The van der Waals surface area contributed by atoms with Gasteiger partial charge in [-0.2, -0.15) is 18.3 Å². The van der Waals surface area contributed by atoms with E-state index in [9.17, 15) is 13.2 Å². The molecule has 6 heteroatoms. The highest BCUT2D eigenvalue weighted by molar-refractivity contribution is 5.19. The second-order valence-electron chi connectivity index (χ2n) is 3.42. The minimum Gasteiger partial charge on any atom is -0.310 e. The molecule has 0 bridgehead atoms. The van der Waals surface area contributed by atoms with Gasteiger partial charge in [0.2, 0.25) is 0 Å². The van der Waals surface area contributed by atoms with Gasteiger partial charge in [-0.1, -0.05) is 0 Å². The van der Waals surface area contributed by atoms with Crippen LogP contribution in [0.4, 0.5) is 13.2 Å². The lowest BCUT2D eigenvalue weighted by molar-refractivity contribution is -0.141. The van der Waals surface area contributed by atoms with Crippen molar-refractivity contribution in [3.05, 3.63) is 17.5 Å². The van der Waals surface area contributed by atoms with Gasteiger partial charge < -0.3 is 5.32 Å². The number of H-pyrrole nitrogens is 1. The Morgan fingerprint density at radius 3 is 2.79 bits per heavy atom. The maximum Gasteiger partial charge on any atom is 0.433 e. The molecule has 1 saturated carbocycles. The molecule has 0 atom stereocenters. The second kappa shape index (κ2) is 3.27. The lowest BCUT2D eigenvalue weighted by Crippen LogP contribution is -2.18. The standard InChI is InChI=1S/C8H10F3N3/c9-8(10,11)7-5(4-13-14-7)3-12-6-1-2-6/h4,6,12H,1-3H2,(H,13,14). The Morgan fingerprint density at radius 2 is 2.21 bits per heavy atom. The molecule has 2 rings (SSSR count). The van der Waals surface area contributed by atoms with E-state index in [1.54, 1.807) is 0 Å². The predicted molar refractivity (Wildman–Crippen MR) is 43.5 cm³/mol. The molecule has 0 amide bonds. The van der Waals surface area contributed by atoms with Crippen LogP contribution in [-0.4, -0.2) is 16.2 Å². The van der Waals surface area contributed by atoms with E-state index in [0.29, 0.717) is 6.04 Å². The van der Waals surface area contributed by atoms with Crippen LogP contribution in [-0.2, 0) is 12.7 Å². The summed E-state index contributed by atoms with van der Waals surface area (Å²) in [7, 11) is 0. The third-order valence-electron chi connectivity index (χ3n) is 2.16.